The summed E-state index contributed by atoms with van der Waals surface area (Å²) in [5, 5.41) is 1.90. The van der Waals surface area contributed by atoms with Gasteiger partial charge in [0.15, 0.2) is 0 Å². The first-order valence-electron chi connectivity index (χ1n) is 11.1. The number of benzene rings is 1. The maximum Gasteiger partial charge on any atom is 0.320 e. The maximum absolute atomic E-state index is 13.5. The zero-order valence-corrected chi connectivity index (χ0v) is 22.5. The average Bonchev–Trinajstić information content (AvgIpc) is 3.36. The van der Waals surface area contributed by atoms with Crippen LogP contribution in [0.2, 0.25) is 0 Å². The van der Waals surface area contributed by atoms with Crippen molar-refractivity contribution in [2.45, 2.75) is 19.4 Å². The quantitative estimate of drug-likeness (QED) is 0.358. The lowest BCUT2D eigenvalue weighted by Gasteiger charge is -2.21. The summed E-state index contributed by atoms with van der Waals surface area (Å²) in [6, 6.07) is 11.3. The van der Waals surface area contributed by atoms with Crippen LogP contribution in [-0.4, -0.2) is 79.2 Å². The van der Waals surface area contributed by atoms with Crippen LogP contribution in [0.4, 0.5) is 0 Å². The average molecular weight is 549 g/mol. The molecular weight excluding hydrogens is 520 g/mol. The lowest BCUT2D eigenvalue weighted by molar-refractivity contribution is 0.0733. The molecule has 1 aromatic carbocycles. The summed E-state index contributed by atoms with van der Waals surface area (Å²) in [7, 11) is 1.45. The van der Waals surface area contributed by atoms with E-state index in [1.54, 1.807) is 4.90 Å². The second kappa shape index (κ2) is 12.6. The molecule has 3 rings (SSSR count). The Kier molecular flexibility index (Phi) is 9.49. The molecule has 2 amide bonds. The van der Waals surface area contributed by atoms with E-state index in [2.05, 4.69) is 15.0 Å². The molecule has 0 fully saturated rings. The molecule has 0 aliphatic heterocycles. The number of thiazole rings is 1. The van der Waals surface area contributed by atoms with Crippen LogP contribution in [0.15, 0.2) is 41.8 Å². The van der Waals surface area contributed by atoms with E-state index < -0.39 is 22.0 Å². The van der Waals surface area contributed by atoms with E-state index in [-0.39, 0.29) is 29.8 Å². The monoisotopic (exact) mass is 548 g/mol. The Hall–Kier alpha value is -3.62. The number of hydrogen-bond donors (Lipinski definition) is 1. The van der Waals surface area contributed by atoms with Gasteiger partial charge in [0.1, 0.15) is 16.4 Å². The molecule has 12 nitrogen and oxygen atoms in total. The van der Waals surface area contributed by atoms with Gasteiger partial charge in [0, 0.05) is 32.1 Å². The fourth-order valence-corrected chi connectivity index (χ4v) is 4.46. The summed E-state index contributed by atoms with van der Waals surface area (Å²) < 4.78 is 37.0. The Morgan fingerprint density at radius 1 is 1.03 bits per heavy atom. The van der Waals surface area contributed by atoms with Crippen molar-refractivity contribution in [3.8, 4) is 11.9 Å². The molecule has 3 aromatic rings. The second-order valence-corrected chi connectivity index (χ2v) is 10.8. The SMILES string of the molecule is COc1cc(C(=O)N(CCCc2ccccc2)Cc2nc(C(=O)NS(=O)(=O)N(C)C)cs2)nc(OC)n1. The number of nitrogens with zero attached hydrogens (tertiary/aromatic N) is 5. The third-order valence-electron chi connectivity index (χ3n) is 5.13. The first-order chi connectivity index (χ1) is 17.6. The van der Waals surface area contributed by atoms with Crippen molar-refractivity contribution >= 4 is 33.4 Å². The smallest absolute Gasteiger partial charge is 0.320 e. The Balaban J connectivity index is 1.81. The summed E-state index contributed by atoms with van der Waals surface area (Å²) in [5.41, 5.74) is 1.15. The van der Waals surface area contributed by atoms with Crippen LogP contribution in [0, 0.1) is 0 Å². The number of carbonyl (C=O) groups is 2. The molecule has 0 aliphatic rings. The van der Waals surface area contributed by atoms with Crippen LogP contribution in [0.5, 0.6) is 11.9 Å². The van der Waals surface area contributed by atoms with Gasteiger partial charge in [0.05, 0.1) is 20.8 Å². The van der Waals surface area contributed by atoms with Gasteiger partial charge in [-0.3, -0.25) is 9.59 Å². The highest BCUT2D eigenvalue weighted by Crippen LogP contribution is 2.19. The van der Waals surface area contributed by atoms with Crippen molar-refractivity contribution < 1.29 is 27.5 Å². The van der Waals surface area contributed by atoms with E-state index in [1.165, 1.54) is 39.8 Å². The van der Waals surface area contributed by atoms with Crippen LogP contribution in [0.3, 0.4) is 0 Å². The highest BCUT2D eigenvalue weighted by atomic mass is 32.2. The molecule has 0 aliphatic carbocycles. The van der Waals surface area contributed by atoms with Crippen molar-refractivity contribution in [2.75, 3.05) is 34.9 Å². The van der Waals surface area contributed by atoms with E-state index in [0.29, 0.717) is 18.0 Å². The van der Waals surface area contributed by atoms with Gasteiger partial charge < -0.3 is 14.4 Å². The number of hydrogen-bond acceptors (Lipinski definition) is 10. The molecule has 198 valence electrons. The van der Waals surface area contributed by atoms with Crippen molar-refractivity contribution in [1.29, 1.82) is 0 Å². The van der Waals surface area contributed by atoms with E-state index in [1.807, 2.05) is 35.1 Å². The second-order valence-electron chi connectivity index (χ2n) is 7.94. The van der Waals surface area contributed by atoms with Crippen LogP contribution in [-0.2, 0) is 23.2 Å². The highest BCUT2D eigenvalue weighted by molar-refractivity contribution is 7.87. The maximum atomic E-state index is 13.5. The predicted octanol–water partition coefficient (Wildman–Crippen LogP) is 1.76. The lowest BCUT2D eigenvalue weighted by Crippen LogP contribution is -2.39. The molecular formula is C23H28N6O6S2. The van der Waals surface area contributed by atoms with Crippen LogP contribution in [0.25, 0.3) is 0 Å². The van der Waals surface area contributed by atoms with Crippen LogP contribution >= 0.6 is 11.3 Å². The molecule has 0 saturated heterocycles. The van der Waals surface area contributed by atoms with Gasteiger partial charge in [-0.1, -0.05) is 30.3 Å². The minimum absolute atomic E-state index is 0.0118. The molecule has 0 bridgehead atoms. The Labute approximate surface area is 219 Å². The third kappa shape index (κ3) is 7.68. The molecule has 0 atom stereocenters. The predicted molar refractivity (Wildman–Crippen MR) is 137 cm³/mol. The first-order valence-corrected chi connectivity index (χ1v) is 13.4. The summed E-state index contributed by atoms with van der Waals surface area (Å²) >= 11 is 1.14. The van der Waals surface area contributed by atoms with Gasteiger partial charge >= 0.3 is 16.2 Å². The molecule has 2 aromatic heterocycles. The lowest BCUT2D eigenvalue weighted by atomic mass is 10.1. The van der Waals surface area contributed by atoms with Crippen LogP contribution in [0.1, 0.15) is 38.0 Å². The van der Waals surface area contributed by atoms with Gasteiger partial charge in [-0.25, -0.2) is 9.71 Å². The zero-order chi connectivity index (χ0) is 27.0. The van der Waals surface area contributed by atoms with Crippen molar-refractivity contribution in [3.05, 3.63) is 63.7 Å². The number of carbonyl (C=O) groups excluding carboxylic acids is 2. The molecule has 14 heteroatoms. The van der Waals surface area contributed by atoms with Gasteiger partial charge in [0.25, 0.3) is 11.8 Å². The first kappa shape index (κ1) is 28.0. The van der Waals surface area contributed by atoms with E-state index >= 15 is 0 Å². The molecule has 0 spiro atoms. The Bertz CT molecular complexity index is 1310. The molecule has 2 heterocycles. The van der Waals surface area contributed by atoms with Crippen molar-refractivity contribution in [1.82, 2.24) is 28.9 Å². The van der Waals surface area contributed by atoms with E-state index in [9.17, 15) is 18.0 Å². The molecule has 37 heavy (non-hydrogen) atoms. The number of amides is 2. The van der Waals surface area contributed by atoms with Gasteiger partial charge in [-0.15, -0.1) is 11.3 Å². The summed E-state index contributed by atoms with van der Waals surface area (Å²) in [5.74, 6) is -1.08. The summed E-state index contributed by atoms with van der Waals surface area (Å²) in [4.78, 5) is 39.9. The molecule has 0 radical (unpaired) electrons. The number of nitrogens with one attached hydrogen (secondary N) is 1. The Morgan fingerprint density at radius 3 is 2.41 bits per heavy atom. The molecule has 1 N–H and O–H groups in total. The highest BCUT2D eigenvalue weighted by Gasteiger charge is 2.24. The number of ether oxygens (including phenoxy) is 2. The van der Waals surface area contributed by atoms with Crippen LogP contribution < -0.4 is 14.2 Å². The normalized spacial score (nSPS) is 11.3. The van der Waals surface area contributed by atoms with Gasteiger partial charge in [0.2, 0.25) is 5.88 Å². The van der Waals surface area contributed by atoms with Gasteiger partial charge in [-0.05, 0) is 18.4 Å². The molecule has 0 unspecified atom stereocenters. The largest absolute Gasteiger partial charge is 0.481 e. The topological polar surface area (TPSA) is 144 Å². The number of methoxy groups -OCH3 is 2. The summed E-state index contributed by atoms with van der Waals surface area (Å²) in [6.07, 6.45) is 1.41. The number of aryl methyl sites for hydroxylation is 1. The summed E-state index contributed by atoms with van der Waals surface area (Å²) in [6.45, 7) is 0.457. The minimum Gasteiger partial charge on any atom is -0.481 e. The zero-order valence-electron chi connectivity index (χ0n) is 20.9. The molecule has 0 saturated carbocycles. The fourth-order valence-electron chi connectivity index (χ4n) is 3.15. The Morgan fingerprint density at radius 2 is 1.76 bits per heavy atom. The van der Waals surface area contributed by atoms with Crippen molar-refractivity contribution in [2.24, 2.45) is 0 Å². The van der Waals surface area contributed by atoms with E-state index in [4.69, 9.17) is 9.47 Å². The van der Waals surface area contributed by atoms with Crippen molar-refractivity contribution in [3.63, 3.8) is 0 Å². The third-order valence-corrected chi connectivity index (χ3v) is 7.37. The van der Waals surface area contributed by atoms with Gasteiger partial charge in [-0.2, -0.15) is 22.7 Å². The number of aromatic nitrogens is 3. The fraction of sp³-hybridized carbons (Fsp3) is 0.348. The number of rotatable bonds is 12. The minimum atomic E-state index is -3.96. The van der Waals surface area contributed by atoms with E-state index in [0.717, 1.165) is 27.6 Å². The standard InChI is InChI=1S/C23H28N6O6S2/c1-28(2)37(32,33)27-21(30)18-15-36-20(24-18)14-29(12-8-11-16-9-6-5-7-10-16)22(31)17-13-19(34-3)26-23(25-17)35-4/h5-7,9-10,13,15H,8,11-12,14H2,1-4H3,(H,27,30).